The maximum Gasteiger partial charge on any atom is 0.327 e. The summed E-state index contributed by atoms with van der Waals surface area (Å²) in [6.07, 6.45) is 1.54. The summed E-state index contributed by atoms with van der Waals surface area (Å²) in [7, 11) is 3.17. The van der Waals surface area contributed by atoms with E-state index in [-0.39, 0.29) is 6.03 Å². The van der Waals surface area contributed by atoms with Crippen molar-refractivity contribution in [2.45, 2.75) is 6.54 Å². The van der Waals surface area contributed by atoms with Gasteiger partial charge in [0.05, 0.1) is 14.2 Å². The predicted octanol–water partition coefficient (Wildman–Crippen LogP) is 2.59. The molecule has 3 rings (SSSR count). The lowest BCUT2D eigenvalue weighted by molar-refractivity contribution is 0.218. The number of carbonyl (C=O) groups excluding carboxylic acids is 1. The van der Waals surface area contributed by atoms with Crippen LogP contribution in [-0.2, 0) is 6.54 Å². The van der Waals surface area contributed by atoms with Crippen molar-refractivity contribution in [1.82, 2.24) is 14.9 Å². The molecule has 1 aromatic carbocycles. The molecule has 1 aliphatic rings. The number of ether oxygens (including phenoxy) is 2. The first kappa shape index (κ1) is 16.3. The van der Waals surface area contributed by atoms with E-state index in [1.165, 1.54) is 11.1 Å². The third kappa shape index (κ3) is 3.21. The minimum atomic E-state index is -0.146. The van der Waals surface area contributed by atoms with E-state index in [4.69, 9.17) is 21.1 Å². The molecule has 2 aromatic rings. The summed E-state index contributed by atoms with van der Waals surface area (Å²) < 4.78 is 10.5. The molecular weight excluding hydrogens is 332 g/mol. The van der Waals surface area contributed by atoms with E-state index in [1.807, 2.05) is 18.2 Å². The number of rotatable bonds is 5. The van der Waals surface area contributed by atoms with Crippen molar-refractivity contribution in [2.75, 3.05) is 32.2 Å². The molecule has 7 nitrogen and oxygen atoms in total. The van der Waals surface area contributed by atoms with Crippen molar-refractivity contribution >= 4 is 23.6 Å². The highest BCUT2D eigenvalue weighted by Gasteiger charge is 2.31. The van der Waals surface area contributed by atoms with E-state index in [1.54, 1.807) is 25.2 Å². The lowest BCUT2D eigenvalue weighted by Gasteiger charge is -2.18. The Bertz CT molecular complexity index is 756. The van der Waals surface area contributed by atoms with Crippen LogP contribution in [0.2, 0.25) is 5.15 Å². The quantitative estimate of drug-likeness (QED) is 0.777. The zero-order chi connectivity index (χ0) is 17.1. The van der Waals surface area contributed by atoms with Gasteiger partial charge in [0, 0.05) is 25.8 Å². The lowest BCUT2D eigenvalue weighted by Crippen LogP contribution is -2.32. The van der Waals surface area contributed by atoms with Gasteiger partial charge in [0.2, 0.25) is 5.95 Å². The molecule has 1 aliphatic heterocycles. The smallest absolute Gasteiger partial charge is 0.327 e. The van der Waals surface area contributed by atoms with E-state index in [9.17, 15) is 4.79 Å². The largest absolute Gasteiger partial charge is 0.493 e. The number of amides is 2. The minimum Gasteiger partial charge on any atom is -0.493 e. The Kier molecular flexibility index (Phi) is 4.71. The molecule has 1 aromatic heterocycles. The molecule has 0 bridgehead atoms. The van der Waals surface area contributed by atoms with Gasteiger partial charge < -0.3 is 14.4 Å². The summed E-state index contributed by atoms with van der Waals surface area (Å²) in [6, 6.07) is 7.03. The van der Waals surface area contributed by atoms with Crippen LogP contribution in [0.4, 0.5) is 10.7 Å². The number of benzene rings is 1. The van der Waals surface area contributed by atoms with Crippen molar-refractivity contribution in [3.05, 3.63) is 41.2 Å². The van der Waals surface area contributed by atoms with Gasteiger partial charge in [-0.25, -0.2) is 14.8 Å². The summed E-state index contributed by atoms with van der Waals surface area (Å²) in [5.74, 6) is 1.61. The SMILES string of the molecule is COc1ccc(CN2CCN(c3nccc(Cl)n3)C2=O)cc1OC. The van der Waals surface area contributed by atoms with Crippen LogP contribution in [0.1, 0.15) is 5.56 Å². The fourth-order valence-electron chi connectivity index (χ4n) is 2.57. The number of nitrogens with zero attached hydrogens (tertiary/aromatic N) is 4. The zero-order valence-electron chi connectivity index (χ0n) is 13.4. The van der Waals surface area contributed by atoms with Gasteiger partial charge in [-0.2, -0.15) is 0 Å². The molecule has 0 atom stereocenters. The Morgan fingerprint density at radius 3 is 2.67 bits per heavy atom. The predicted molar refractivity (Wildman–Crippen MR) is 89.7 cm³/mol. The van der Waals surface area contributed by atoms with Gasteiger partial charge in [-0.05, 0) is 23.8 Å². The fraction of sp³-hybridized carbons (Fsp3) is 0.312. The topological polar surface area (TPSA) is 67.8 Å². The second-order valence-electron chi connectivity index (χ2n) is 5.22. The molecule has 0 spiro atoms. The number of hydrogen-bond donors (Lipinski definition) is 0. The van der Waals surface area contributed by atoms with Crippen LogP contribution in [0.5, 0.6) is 11.5 Å². The first-order chi connectivity index (χ1) is 11.6. The molecule has 0 aliphatic carbocycles. The molecule has 0 N–H and O–H groups in total. The molecular formula is C16H17ClN4O3. The first-order valence-corrected chi connectivity index (χ1v) is 7.76. The second kappa shape index (κ2) is 6.92. The van der Waals surface area contributed by atoms with Crippen LogP contribution in [0.15, 0.2) is 30.5 Å². The second-order valence-corrected chi connectivity index (χ2v) is 5.61. The highest BCUT2D eigenvalue weighted by Crippen LogP contribution is 2.28. The van der Waals surface area contributed by atoms with Crippen molar-refractivity contribution in [2.24, 2.45) is 0 Å². The molecule has 1 fully saturated rings. The number of methoxy groups -OCH3 is 2. The fourth-order valence-corrected chi connectivity index (χ4v) is 2.70. The Balaban J connectivity index is 1.74. The number of hydrogen-bond acceptors (Lipinski definition) is 5. The van der Waals surface area contributed by atoms with E-state index >= 15 is 0 Å². The molecule has 0 unspecified atom stereocenters. The average Bonchev–Trinajstić information content (AvgIpc) is 2.95. The molecule has 24 heavy (non-hydrogen) atoms. The van der Waals surface area contributed by atoms with Crippen LogP contribution in [0.3, 0.4) is 0 Å². The number of halogens is 1. The van der Waals surface area contributed by atoms with E-state index in [2.05, 4.69) is 9.97 Å². The summed E-state index contributed by atoms with van der Waals surface area (Å²) in [6.45, 7) is 1.58. The molecule has 1 saturated heterocycles. The molecule has 2 heterocycles. The lowest BCUT2D eigenvalue weighted by atomic mass is 10.2. The number of urea groups is 1. The molecule has 126 valence electrons. The van der Waals surface area contributed by atoms with Crippen molar-refractivity contribution in [3.63, 3.8) is 0 Å². The zero-order valence-corrected chi connectivity index (χ0v) is 14.2. The van der Waals surface area contributed by atoms with Crippen LogP contribution < -0.4 is 14.4 Å². The summed E-state index contributed by atoms with van der Waals surface area (Å²) in [5, 5.41) is 0.311. The molecule has 2 amide bonds. The third-order valence-corrected chi connectivity index (χ3v) is 3.98. The van der Waals surface area contributed by atoms with Gasteiger partial charge in [0.15, 0.2) is 11.5 Å². The number of carbonyl (C=O) groups is 1. The Morgan fingerprint density at radius 2 is 1.96 bits per heavy atom. The number of anilines is 1. The van der Waals surface area contributed by atoms with Gasteiger partial charge >= 0.3 is 6.03 Å². The summed E-state index contributed by atoms with van der Waals surface area (Å²) in [4.78, 5) is 24.0. The van der Waals surface area contributed by atoms with Crippen LogP contribution in [0.25, 0.3) is 0 Å². The van der Waals surface area contributed by atoms with E-state index < -0.39 is 0 Å². The standard InChI is InChI=1S/C16H17ClN4O3/c1-23-12-4-3-11(9-13(12)24-2)10-20-7-8-21(16(20)22)15-18-6-5-14(17)19-15/h3-6,9H,7-8,10H2,1-2H3. The monoisotopic (exact) mass is 348 g/mol. The van der Waals surface area contributed by atoms with Crippen molar-refractivity contribution in [1.29, 1.82) is 0 Å². The number of aromatic nitrogens is 2. The van der Waals surface area contributed by atoms with Gasteiger partial charge in [-0.1, -0.05) is 17.7 Å². The van der Waals surface area contributed by atoms with Crippen molar-refractivity contribution < 1.29 is 14.3 Å². The third-order valence-electron chi connectivity index (χ3n) is 3.77. The highest BCUT2D eigenvalue weighted by molar-refractivity contribution is 6.29. The molecule has 0 radical (unpaired) electrons. The Labute approximate surface area is 144 Å². The van der Waals surface area contributed by atoms with Gasteiger partial charge in [0.1, 0.15) is 5.15 Å². The van der Waals surface area contributed by atoms with Crippen LogP contribution >= 0.6 is 11.6 Å². The maximum atomic E-state index is 12.6. The Hall–Kier alpha value is -2.54. The van der Waals surface area contributed by atoms with Crippen molar-refractivity contribution in [3.8, 4) is 11.5 Å². The maximum absolute atomic E-state index is 12.6. The van der Waals surface area contributed by atoms with Gasteiger partial charge in [-0.3, -0.25) is 4.90 Å². The average molecular weight is 349 g/mol. The van der Waals surface area contributed by atoms with E-state index in [0.29, 0.717) is 42.2 Å². The van der Waals surface area contributed by atoms with Crippen LogP contribution in [0, 0.1) is 0 Å². The van der Waals surface area contributed by atoms with Gasteiger partial charge in [0.25, 0.3) is 0 Å². The molecule has 8 heteroatoms. The minimum absolute atomic E-state index is 0.146. The van der Waals surface area contributed by atoms with Crippen LogP contribution in [-0.4, -0.2) is 48.2 Å². The summed E-state index contributed by atoms with van der Waals surface area (Å²) in [5.41, 5.74) is 0.954. The van der Waals surface area contributed by atoms with E-state index in [0.717, 1.165) is 5.56 Å². The summed E-state index contributed by atoms with van der Waals surface area (Å²) >= 11 is 5.87. The highest BCUT2D eigenvalue weighted by atomic mass is 35.5. The van der Waals surface area contributed by atoms with Gasteiger partial charge in [-0.15, -0.1) is 0 Å². The Morgan fingerprint density at radius 1 is 1.17 bits per heavy atom. The first-order valence-electron chi connectivity index (χ1n) is 7.38. The molecule has 0 saturated carbocycles. The normalized spacial score (nSPS) is 14.2.